The van der Waals surface area contributed by atoms with Crippen molar-refractivity contribution < 1.29 is 9.32 Å². The molecule has 1 amide bonds. The minimum atomic E-state index is -0.139. The Morgan fingerprint density at radius 3 is 2.61 bits per heavy atom. The molecule has 0 atom stereocenters. The van der Waals surface area contributed by atoms with Gasteiger partial charge in [0, 0.05) is 48.3 Å². The maximum atomic E-state index is 12.2. The molecule has 3 rings (SSSR count). The molecule has 0 radical (unpaired) electrons. The molecule has 2 heterocycles. The lowest BCUT2D eigenvalue weighted by molar-refractivity contribution is -0.116. The monoisotopic (exact) mass is 399 g/mol. The lowest BCUT2D eigenvalue weighted by Crippen LogP contribution is -2.13. The van der Waals surface area contributed by atoms with Crippen molar-refractivity contribution in [3.05, 3.63) is 48.4 Å². The van der Waals surface area contributed by atoms with Gasteiger partial charge in [0.05, 0.1) is 0 Å². The Bertz CT molecular complexity index is 925. The lowest BCUT2D eigenvalue weighted by atomic mass is 9.96. The molecule has 28 heavy (non-hydrogen) atoms. The normalized spacial score (nSPS) is 11.6. The second kappa shape index (κ2) is 8.60. The Labute approximate surface area is 168 Å². The van der Waals surface area contributed by atoms with Gasteiger partial charge < -0.3 is 14.4 Å². The van der Waals surface area contributed by atoms with Gasteiger partial charge in [0.25, 0.3) is 0 Å². The molecule has 0 bridgehead atoms. The first kappa shape index (κ1) is 20.1. The van der Waals surface area contributed by atoms with Crippen LogP contribution in [-0.4, -0.2) is 25.6 Å². The Kier molecular flexibility index (Phi) is 6.18. The molecule has 0 spiro atoms. The summed E-state index contributed by atoms with van der Waals surface area (Å²) in [5.74, 6) is 1.24. The van der Waals surface area contributed by atoms with Gasteiger partial charge in [0.15, 0.2) is 11.0 Å². The van der Waals surface area contributed by atoms with Crippen molar-refractivity contribution in [3.63, 3.8) is 0 Å². The fourth-order valence-electron chi connectivity index (χ4n) is 2.45. The summed E-state index contributed by atoms with van der Waals surface area (Å²) in [5.41, 5.74) is 0.641. The van der Waals surface area contributed by atoms with E-state index in [9.17, 15) is 4.79 Å². The molecule has 0 aliphatic rings. The lowest BCUT2D eigenvalue weighted by Gasteiger charge is -2.10. The number of carbonyl (C=O) groups is 1. The molecule has 2 aromatic heterocycles. The second-order valence-corrected chi connectivity index (χ2v) is 8.65. The number of carbonyl (C=O) groups excluding carboxylic acids is 1. The molecule has 0 aliphatic heterocycles. The third-order valence-corrected chi connectivity index (χ3v) is 5.14. The van der Waals surface area contributed by atoms with E-state index in [0.717, 1.165) is 15.7 Å². The number of benzene rings is 1. The highest BCUT2D eigenvalue weighted by atomic mass is 32.2. The molecule has 0 aliphatic carbocycles. The highest BCUT2D eigenvalue weighted by molar-refractivity contribution is 7.99. The smallest absolute Gasteiger partial charge is 0.226 e. The third-order valence-electron chi connectivity index (χ3n) is 4.06. The number of hydrogen-bond acceptors (Lipinski definition) is 6. The number of nitrogens with zero attached hydrogens (tertiary/aromatic N) is 4. The summed E-state index contributed by atoms with van der Waals surface area (Å²) in [6.07, 6.45) is 5.34. The van der Waals surface area contributed by atoms with Crippen LogP contribution >= 0.6 is 11.8 Å². The van der Waals surface area contributed by atoms with Crippen LogP contribution in [0.2, 0.25) is 0 Å². The predicted molar refractivity (Wildman–Crippen MR) is 108 cm³/mol. The van der Waals surface area contributed by atoms with Gasteiger partial charge in [-0.1, -0.05) is 37.7 Å². The van der Waals surface area contributed by atoms with Crippen molar-refractivity contribution in [2.45, 2.75) is 55.5 Å². The van der Waals surface area contributed by atoms with E-state index in [1.807, 2.05) is 62.8 Å². The molecule has 1 N–H and O–H groups in total. The van der Waals surface area contributed by atoms with Gasteiger partial charge in [0.1, 0.15) is 0 Å². The van der Waals surface area contributed by atoms with Crippen molar-refractivity contribution in [1.82, 2.24) is 19.7 Å². The molecule has 148 valence electrons. The van der Waals surface area contributed by atoms with Gasteiger partial charge in [-0.15, -0.1) is 0 Å². The van der Waals surface area contributed by atoms with Crippen LogP contribution in [0.15, 0.2) is 51.2 Å². The molecule has 0 saturated carbocycles. The van der Waals surface area contributed by atoms with Gasteiger partial charge >= 0.3 is 0 Å². The second-order valence-electron chi connectivity index (χ2n) is 7.61. The summed E-state index contributed by atoms with van der Waals surface area (Å²) in [6.45, 7) is 6.11. The van der Waals surface area contributed by atoms with Crippen molar-refractivity contribution in [2.75, 3.05) is 5.32 Å². The van der Waals surface area contributed by atoms with Crippen LogP contribution < -0.4 is 5.32 Å². The maximum Gasteiger partial charge on any atom is 0.226 e. The number of anilines is 1. The minimum Gasteiger partial charge on any atom is -0.339 e. The molecule has 7 nitrogen and oxygen atoms in total. The van der Waals surface area contributed by atoms with Crippen molar-refractivity contribution in [3.8, 4) is 0 Å². The zero-order valence-corrected chi connectivity index (χ0v) is 17.4. The quantitative estimate of drug-likeness (QED) is 0.640. The van der Waals surface area contributed by atoms with Crippen molar-refractivity contribution in [2.24, 2.45) is 7.05 Å². The Balaban J connectivity index is 1.44. The standard InChI is InChI=1S/C20H25N5O2S/c1-20(2,3)18-23-17(27-24-18)7-5-6-16(26)22-14-8-10-15(11-9-14)28-19-21-12-13-25(19)4/h8-13H,5-7H2,1-4H3,(H,22,26). The van der Waals surface area contributed by atoms with Gasteiger partial charge in [0.2, 0.25) is 11.8 Å². The molecule has 3 aromatic rings. The number of imidazole rings is 1. The summed E-state index contributed by atoms with van der Waals surface area (Å²) in [7, 11) is 1.96. The van der Waals surface area contributed by atoms with E-state index in [4.69, 9.17) is 4.52 Å². The molecule has 8 heteroatoms. The van der Waals surface area contributed by atoms with E-state index in [0.29, 0.717) is 31.0 Å². The van der Waals surface area contributed by atoms with Gasteiger partial charge in [-0.3, -0.25) is 4.79 Å². The number of hydrogen-bond donors (Lipinski definition) is 1. The van der Waals surface area contributed by atoms with E-state index in [1.54, 1.807) is 18.0 Å². The molecule has 0 fully saturated rings. The maximum absolute atomic E-state index is 12.2. The summed E-state index contributed by atoms with van der Waals surface area (Å²) < 4.78 is 7.22. The molecular weight excluding hydrogens is 374 g/mol. The Hall–Kier alpha value is -2.61. The highest BCUT2D eigenvalue weighted by Gasteiger charge is 2.20. The third kappa shape index (κ3) is 5.45. The molecular formula is C20H25N5O2S. The first-order chi connectivity index (χ1) is 13.3. The summed E-state index contributed by atoms with van der Waals surface area (Å²) in [4.78, 5) is 21.9. The number of aromatic nitrogens is 4. The van der Waals surface area contributed by atoms with Crippen LogP contribution in [0.4, 0.5) is 5.69 Å². The summed E-state index contributed by atoms with van der Waals surface area (Å²) >= 11 is 1.58. The van der Waals surface area contributed by atoms with E-state index < -0.39 is 0 Å². The zero-order valence-electron chi connectivity index (χ0n) is 16.6. The largest absolute Gasteiger partial charge is 0.339 e. The van der Waals surface area contributed by atoms with Crippen LogP contribution in [0.3, 0.4) is 0 Å². The van der Waals surface area contributed by atoms with Crippen LogP contribution in [0, 0.1) is 0 Å². The van der Waals surface area contributed by atoms with E-state index in [1.165, 1.54) is 0 Å². The SMILES string of the molecule is Cn1ccnc1Sc1ccc(NC(=O)CCCc2nc(C(C)(C)C)no2)cc1. The average molecular weight is 400 g/mol. The summed E-state index contributed by atoms with van der Waals surface area (Å²) in [5, 5.41) is 7.84. The fraction of sp³-hybridized carbons (Fsp3) is 0.400. The topological polar surface area (TPSA) is 85.8 Å². The van der Waals surface area contributed by atoms with E-state index in [-0.39, 0.29) is 11.3 Å². The van der Waals surface area contributed by atoms with E-state index >= 15 is 0 Å². The van der Waals surface area contributed by atoms with Crippen LogP contribution in [0.5, 0.6) is 0 Å². The minimum absolute atomic E-state index is 0.0277. The number of aryl methyl sites for hydroxylation is 2. The van der Waals surface area contributed by atoms with E-state index in [2.05, 4.69) is 20.4 Å². The van der Waals surface area contributed by atoms with Crippen LogP contribution in [0.25, 0.3) is 0 Å². The molecule has 1 aromatic carbocycles. The Morgan fingerprint density at radius 1 is 1.25 bits per heavy atom. The van der Waals surface area contributed by atoms with Crippen LogP contribution in [0.1, 0.15) is 45.3 Å². The highest BCUT2D eigenvalue weighted by Crippen LogP contribution is 2.26. The van der Waals surface area contributed by atoms with Gasteiger partial charge in [-0.2, -0.15) is 4.98 Å². The average Bonchev–Trinajstić information content (AvgIpc) is 3.26. The van der Waals surface area contributed by atoms with Crippen molar-refractivity contribution in [1.29, 1.82) is 0 Å². The zero-order chi connectivity index (χ0) is 20.1. The number of rotatable bonds is 7. The van der Waals surface area contributed by atoms with Gasteiger partial charge in [-0.25, -0.2) is 4.98 Å². The van der Waals surface area contributed by atoms with Crippen molar-refractivity contribution >= 4 is 23.4 Å². The fourth-order valence-corrected chi connectivity index (χ4v) is 3.25. The van der Waals surface area contributed by atoms with Gasteiger partial charge in [-0.05, 0) is 30.7 Å². The summed E-state index contributed by atoms with van der Waals surface area (Å²) in [6, 6.07) is 7.75. The number of nitrogens with one attached hydrogen (secondary N) is 1. The first-order valence-electron chi connectivity index (χ1n) is 9.19. The predicted octanol–water partition coefficient (Wildman–Crippen LogP) is 4.21. The Morgan fingerprint density at radius 2 is 2.00 bits per heavy atom. The number of amides is 1. The molecule has 0 unspecified atom stereocenters. The first-order valence-corrected chi connectivity index (χ1v) is 10.0. The van der Waals surface area contributed by atoms with Crippen LogP contribution in [-0.2, 0) is 23.7 Å². The molecule has 0 saturated heterocycles.